The number of hydroxylamine groups is 3. The molecule has 0 radical (unpaired) electrons. The van der Waals surface area contributed by atoms with E-state index in [2.05, 4.69) is 6.58 Å². The zero-order valence-corrected chi connectivity index (χ0v) is 8.12. The molecule has 6 nitrogen and oxygen atoms in total. The molecule has 1 unspecified atom stereocenters. The molecule has 0 aliphatic carbocycles. The van der Waals surface area contributed by atoms with Crippen LogP contribution in [-0.2, 0) is 10.1 Å². The Morgan fingerprint density at radius 1 is 1.62 bits per heavy atom. The van der Waals surface area contributed by atoms with Crippen molar-refractivity contribution in [3.63, 3.8) is 0 Å². The van der Waals surface area contributed by atoms with Crippen molar-refractivity contribution in [3.8, 4) is 0 Å². The third kappa shape index (κ3) is 7.72. The summed E-state index contributed by atoms with van der Waals surface area (Å²) in [5.74, 6) is -0.937. The summed E-state index contributed by atoms with van der Waals surface area (Å²) in [5, 5.41) is 20.0. The van der Waals surface area contributed by atoms with Crippen molar-refractivity contribution in [3.05, 3.63) is 17.5 Å². The topological polar surface area (TPSA) is 97.7 Å². The van der Waals surface area contributed by atoms with Crippen LogP contribution in [0, 0.1) is 5.21 Å². The van der Waals surface area contributed by atoms with Gasteiger partial charge in [-0.2, -0.15) is 8.42 Å². The SMILES string of the molecule is C=C(O)C[N+](C)([O-])CCS(=O)(=O)O. The molecule has 13 heavy (non-hydrogen) atoms. The van der Waals surface area contributed by atoms with Gasteiger partial charge in [-0.15, -0.1) is 0 Å². The smallest absolute Gasteiger partial charge is 0.270 e. The summed E-state index contributed by atoms with van der Waals surface area (Å²) in [6, 6.07) is 0. The van der Waals surface area contributed by atoms with E-state index in [4.69, 9.17) is 9.66 Å². The minimum absolute atomic E-state index is 0.282. The number of aliphatic hydroxyl groups excluding tert-OH is 1. The molecule has 0 rings (SSSR count). The normalized spacial score (nSPS) is 16.5. The van der Waals surface area contributed by atoms with E-state index in [9.17, 15) is 13.6 Å². The number of hydrogen-bond donors (Lipinski definition) is 2. The lowest BCUT2D eigenvalue weighted by atomic mass is 10.5. The standard InChI is InChI=1S/C6H13NO5S/c1-6(8)5-7(2,9)3-4-13(10,11)12/h8H,1,3-5H2,2H3,(H,10,11,12). The highest BCUT2D eigenvalue weighted by Gasteiger charge is 2.16. The van der Waals surface area contributed by atoms with Crippen LogP contribution in [0.3, 0.4) is 0 Å². The maximum Gasteiger partial charge on any atom is 0.270 e. The van der Waals surface area contributed by atoms with Crippen LogP contribution in [0.15, 0.2) is 12.3 Å². The molecule has 78 valence electrons. The molecule has 0 saturated heterocycles. The van der Waals surface area contributed by atoms with Crippen molar-refractivity contribution in [2.45, 2.75) is 0 Å². The lowest BCUT2D eigenvalue weighted by molar-refractivity contribution is -0.854. The lowest BCUT2D eigenvalue weighted by Gasteiger charge is -2.37. The first kappa shape index (κ1) is 12.4. The number of aliphatic hydroxyl groups is 1. The van der Waals surface area contributed by atoms with E-state index in [-0.39, 0.29) is 18.8 Å². The van der Waals surface area contributed by atoms with Gasteiger partial charge in [-0.05, 0) is 0 Å². The largest absolute Gasteiger partial charge is 0.633 e. The van der Waals surface area contributed by atoms with Gasteiger partial charge in [0.15, 0.2) is 0 Å². The third-order valence-electron chi connectivity index (χ3n) is 1.34. The summed E-state index contributed by atoms with van der Waals surface area (Å²) < 4.78 is 27.9. The quantitative estimate of drug-likeness (QED) is 0.286. The molecule has 0 saturated carbocycles. The number of rotatable bonds is 5. The minimum atomic E-state index is -4.12. The zero-order valence-electron chi connectivity index (χ0n) is 7.30. The summed E-state index contributed by atoms with van der Waals surface area (Å²) in [5.41, 5.74) is 0. The van der Waals surface area contributed by atoms with E-state index in [1.165, 1.54) is 7.05 Å². The van der Waals surface area contributed by atoms with E-state index in [1.54, 1.807) is 0 Å². The highest BCUT2D eigenvalue weighted by molar-refractivity contribution is 7.85. The second-order valence-corrected chi connectivity index (χ2v) is 4.60. The van der Waals surface area contributed by atoms with E-state index >= 15 is 0 Å². The maximum absolute atomic E-state index is 11.3. The molecule has 0 fully saturated rings. The van der Waals surface area contributed by atoms with Crippen molar-refractivity contribution in [1.29, 1.82) is 0 Å². The molecule has 0 aliphatic heterocycles. The Bertz CT molecular complexity index is 281. The molecule has 1 atom stereocenters. The van der Waals surface area contributed by atoms with E-state index in [0.717, 1.165) is 0 Å². The first-order chi connectivity index (χ1) is 5.62. The first-order valence-electron chi connectivity index (χ1n) is 3.50. The zero-order chi connectivity index (χ0) is 10.7. The van der Waals surface area contributed by atoms with Crippen LogP contribution in [0.4, 0.5) is 0 Å². The Hall–Kier alpha value is -0.630. The minimum Gasteiger partial charge on any atom is -0.633 e. The molecule has 0 aliphatic rings. The van der Waals surface area contributed by atoms with Crippen LogP contribution >= 0.6 is 0 Å². The number of hydrogen-bond acceptors (Lipinski definition) is 4. The van der Waals surface area contributed by atoms with Crippen molar-refractivity contribution in [2.75, 3.05) is 25.9 Å². The first-order valence-corrected chi connectivity index (χ1v) is 5.11. The number of nitrogens with zero attached hydrogens (tertiary/aromatic N) is 1. The second-order valence-electron chi connectivity index (χ2n) is 3.03. The predicted octanol–water partition coefficient (Wildman–Crippen LogP) is -0.110. The van der Waals surface area contributed by atoms with Gasteiger partial charge in [-0.1, -0.05) is 6.58 Å². The summed E-state index contributed by atoms with van der Waals surface area (Å²) in [7, 11) is -2.93. The maximum atomic E-state index is 11.3. The molecule has 0 aromatic carbocycles. The Balaban J connectivity index is 4.11. The van der Waals surface area contributed by atoms with E-state index < -0.39 is 20.5 Å². The van der Waals surface area contributed by atoms with E-state index in [1.807, 2.05) is 0 Å². The molecule has 0 aromatic rings. The van der Waals surface area contributed by atoms with Gasteiger partial charge in [-0.25, -0.2) is 0 Å². The van der Waals surface area contributed by atoms with Gasteiger partial charge >= 0.3 is 0 Å². The third-order valence-corrected chi connectivity index (χ3v) is 2.04. The molecular weight excluding hydrogens is 198 g/mol. The molecular formula is C6H13NO5S. The Labute approximate surface area is 77.0 Å². The highest BCUT2D eigenvalue weighted by Crippen LogP contribution is 2.03. The van der Waals surface area contributed by atoms with Crippen LogP contribution in [0.25, 0.3) is 0 Å². The molecule has 0 heterocycles. The number of quaternary nitrogens is 1. The molecule has 0 amide bonds. The second kappa shape index (κ2) is 4.05. The molecule has 0 spiro atoms. The van der Waals surface area contributed by atoms with Gasteiger partial charge in [0, 0.05) is 0 Å². The fourth-order valence-corrected chi connectivity index (χ4v) is 1.39. The van der Waals surface area contributed by atoms with Crippen LogP contribution < -0.4 is 0 Å². The van der Waals surface area contributed by atoms with Gasteiger partial charge in [-0.3, -0.25) is 4.55 Å². The van der Waals surface area contributed by atoms with Gasteiger partial charge in [0.2, 0.25) is 0 Å². The fraction of sp³-hybridized carbons (Fsp3) is 0.667. The van der Waals surface area contributed by atoms with E-state index in [0.29, 0.717) is 0 Å². The predicted molar refractivity (Wildman–Crippen MR) is 47.5 cm³/mol. The monoisotopic (exact) mass is 211 g/mol. The van der Waals surface area contributed by atoms with Gasteiger partial charge in [0.05, 0.1) is 13.6 Å². The van der Waals surface area contributed by atoms with Crippen molar-refractivity contribution in [2.24, 2.45) is 0 Å². The number of likely N-dealkylation sites (N-methyl/N-ethyl adjacent to an activating group) is 1. The lowest BCUT2D eigenvalue weighted by Crippen LogP contribution is -2.42. The molecule has 0 bridgehead atoms. The Morgan fingerprint density at radius 3 is 2.38 bits per heavy atom. The highest BCUT2D eigenvalue weighted by atomic mass is 32.2. The van der Waals surface area contributed by atoms with Crippen LogP contribution in [0.1, 0.15) is 0 Å². The van der Waals surface area contributed by atoms with Crippen LogP contribution in [-0.4, -0.2) is 48.6 Å². The van der Waals surface area contributed by atoms with Crippen molar-refractivity contribution >= 4 is 10.1 Å². The van der Waals surface area contributed by atoms with Gasteiger partial charge in [0.25, 0.3) is 10.1 Å². The summed E-state index contributed by atoms with van der Waals surface area (Å²) in [4.78, 5) is 0. The Morgan fingerprint density at radius 2 is 2.08 bits per heavy atom. The van der Waals surface area contributed by atoms with Crippen LogP contribution in [0.2, 0.25) is 0 Å². The summed E-state index contributed by atoms with van der Waals surface area (Å²) >= 11 is 0. The summed E-state index contributed by atoms with van der Waals surface area (Å²) in [6.07, 6.45) is 0. The molecule has 2 N–H and O–H groups in total. The van der Waals surface area contributed by atoms with Gasteiger partial charge in [0.1, 0.15) is 18.1 Å². The Kier molecular flexibility index (Phi) is 3.86. The molecule has 0 aromatic heterocycles. The average Bonchev–Trinajstić information content (AvgIpc) is 1.79. The van der Waals surface area contributed by atoms with Crippen molar-refractivity contribution in [1.82, 2.24) is 0 Å². The van der Waals surface area contributed by atoms with Crippen LogP contribution in [0.5, 0.6) is 0 Å². The fourth-order valence-electron chi connectivity index (χ4n) is 0.774. The van der Waals surface area contributed by atoms with Gasteiger partial charge < -0.3 is 15.0 Å². The van der Waals surface area contributed by atoms with Crippen molar-refractivity contribution < 1.29 is 22.7 Å². The molecule has 7 heteroatoms. The summed E-state index contributed by atoms with van der Waals surface area (Å²) in [6.45, 7) is 2.51. The average molecular weight is 211 g/mol.